The number of hydrogen-bond donors (Lipinski definition) is 3. The molecule has 4 N–H and O–H groups in total. The number of methoxy groups -OCH3 is 2. The van der Waals surface area contributed by atoms with Crippen molar-refractivity contribution >= 4 is 29.9 Å². The van der Waals surface area contributed by atoms with Crippen LogP contribution in [0.2, 0.25) is 0 Å². The van der Waals surface area contributed by atoms with Crippen LogP contribution in [0.1, 0.15) is 11.1 Å². The quantitative estimate of drug-likeness (QED) is 0.326. The molecule has 0 saturated heterocycles. The van der Waals surface area contributed by atoms with Gasteiger partial charge in [-0.1, -0.05) is 12.1 Å². The Hall–Kier alpha value is -2.23. The van der Waals surface area contributed by atoms with E-state index in [0.717, 1.165) is 12.0 Å². The third-order valence-corrected chi connectivity index (χ3v) is 3.61. The molecule has 0 atom stereocenters. The van der Waals surface area contributed by atoms with Gasteiger partial charge in [0.15, 0.2) is 29.0 Å². The predicted molar refractivity (Wildman–Crippen MR) is 110 cm³/mol. The van der Waals surface area contributed by atoms with Crippen LogP contribution in [-0.2, 0) is 13.0 Å². The Labute approximate surface area is 169 Å². The second-order valence-corrected chi connectivity index (χ2v) is 5.35. The van der Waals surface area contributed by atoms with Crippen LogP contribution in [0.15, 0.2) is 41.4 Å². The summed E-state index contributed by atoms with van der Waals surface area (Å²) in [6.45, 7) is 0.821. The second kappa shape index (κ2) is 10.7. The maximum absolute atomic E-state index is 13.2. The minimum absolute atomic E-state index is 0. The third-order valence-electron chi connectivity index (χ3n) is 3.61. The van der Waals surface area contributed by atoms with E-state index in [1.165, 1.54) is 12.1 Å². The number of aliphatic imine (C=N–C) groups is 1. The average Bonchev–Trinajstić information content (AvgIpc) is 2.62. The van der Waals surface area contributed by atoms with Gasteiger partial charge in [-0.25, -0.2) is 9.38 Å². The van der Waals surface area contributed by atoms with E-state index in [1.807, 2.05) is 18.2 Å². The van der Waals surface area contributed by atoms with Gasteiger partial charge in [-0.2, -0.15) is 0 Å². The first kappa shape index (κ1) is 21.8. The Morgan fingerprint density at radius 2 is 1.81 bits per heavy atom. The summed E-state index contributed by atoms with van der Waals surface area (Å²) >= 11 is 0. The minimum atomic E-state index is -0.673. The van der Waals surface area contributed by atoms with Crippen molar-refractivity contribution in [2.45, 2.75) is 13.0 Å². The summed E-state index contributed by atoms with van der Waals surface area (Å²) in [4.78, 5) is 4.15. The fraction of sp³-hybridized carbons (Fsp3) is 0.278. The Bertz CT molecular complexity index is 756. The summed E-state index contributed by atoms with van der Waals surface area (Å²) in [5.74, 6) is 0.577. The molecule has 26 heavy (non-hydrogen) atoms. The van der Waals surface area contributed by atoms with E-state index in [-0.39, 0.29) is 42.2 Å². The van der Waals surface area contributed by atoms with E-state index in [2.05, 4.69) is 10.3 Å². The second-order valence-electron chi connectivity index (χ2n) is 5.35. The molecule has 0 spiro atoms. The highest BCUT2D eigenvalue weighted by atomic mass is 127. The minimum Gasteiger partial charge on any atom is -0.505 e. The summed E-state index contributed by atoms with van der Waals surface area (Å²) < 4.78 is 23.7. The van der Waals surface area contributed by atoms with Crippen LogP contribution in [0.5, 0.6) is 17.2 Å². The van der Waals surface area contributed by atoms with E-state index in [4.69, 9.17) is 20.3 Å². The number of nitrogens with one attached hydrogen (secondary N) is 1. The van der Waals surface area contributed by atoms with Crippen LogP contribution in [0.25, 0.3) is 0 Å². The molecule has 0 amide bonds. The largest absolute Gasteiger partial charge is 0.505 e. The van der Waals surface area contributed by atoms with Gasteiger partial charge in [0, 0.05) is 6.54 Å². The van der Waals surface area contributed by atoms with Crippen LogP contribution < -0.4 is 20.5 Å². The molecule has 2 rings (SSSR count). The molecule has 2 aromatic carbocycles. The number of hydrogen-bond acceptors (Lipinski definition) is 4. The van der Waals surface area contributed by atoms with Gasteiger partial charge in [0.25, 0.3) is 0 Å². The molecule has 0 unspecified atom stereocenters. The normalized spacial score (nSPS) is 10.8. The maximum atomic E-state index is 13.2. The first-order valence-corrected chi connectivity index (χ1v) is 7.75. The van der Waals surface area contributed by atoms with Crippen molar-refractivity contribution in [3.63, 3.8) is 0 Å². The number of ether oxygens (including phenoxy) is 2. The lowest BCUT2D eigenvalue weighted by atomic mass is 10.1. The van der Waals surface area contributed by atoms with Crippen LogP contribution >= 0.6 is 24.0 Å². The zero-order chi connectivity index (χ0) is 18.2. The molecule has 2 aromatic rings. The van der Waals surface area contributed by atoms with Crippen molar-refractivity contribution < 1.29 is 19.0 Å². The van der Waals surface area contributed by atoms with Crippen molar-refractivity contribution in [2.24, 2.45) is 10.7 Å². The Morgan fingerprint density at radius 1 is 1.12 bits per heavy atom. The fourth-order valence-corrected chi connectivity index (χ4v) is 2.25. The molecule has 0 aliphatic heterocycles. The summed E-state index contributed by atoms with van der Waals surface area (Å²) in [6, 6.07) is 9.84. The van der Waals surface area contributed by atoms with Crippen LogP contribution in [0.3, 0.4) is 0 Å². The molecule has 0 fully saturated rings. The molecule has 142 valence electrons. The highest BCUT2D eigenvalue weighted by molar-refractivity contribution is 14.0. The molecule has 0 saturated carbocycles. The fourth-order valence-electron chi connectivity index (χ4n) is 2.25. The third kappa shape index (κ3) is 6.25. The number of nitrogens with two attached hydrogens (primary N) is 1. The SMILES string of the molecule is COc1ccc(CCNC(N)=NCc2ccc(O)c(F)c2)cc1OC.I. The number of guanidine groups is 1. The lowest BCUT2D eigenvalue weighted by Crippen LogP contribution is -2.33. The standard InChI is InChI=1S/C18H22FN3O3.HI/c1-24-16-6-4-12(10-17(16)25-2)7-8-21-18(20)22-11-13-3-5-15(23)14(19)9-13;/h3-6,9-10,23H,7-8,11H2,1-2H3,(H3,20,21,22);1H. The topological polar surface area (TPSA) is 89.1 Å². The summed E-state index contributed by atoms with van der Waals surface area (Å²) in [6.07, 6.45) is 0.727. The smallest absolute Gasteiger partial charge is 0.188 e. The number of rotatable bonds is 7. The zero-order valence-electron chi connectivity index (χ0n) is 14.7. The number of phenols is 1. The molecule has 0 aliphatic carbocycles. The van der Waals surface area contributed by atoms with Gasteiger partial charge in [-0.05, 0) is 41.8 Å². The summed E-state index contributed by atoms with van der Waals surface area (Å²) in [7, 11) is 3.19. The van der Waals surface area contributed by atoms with Gasteiger partial charge in [-0.15, -0.1) is 24.0 Å². The number of benzene rings is 2. The molecule has 0 aliphatic rings. The van der Waals surface area contributed by atoms with E-state index in [9.17, 15) is 4.39 Å². The summed E-state index contributed by atoms with van der Waals surface area (Å²) in [5.41, 5.74) is 7.50. The van der Waals surface area contributed by atoms with Crippen molar-refractivity contribution in [3.8, 4) is 17.2 Å². The molecule has 6 nitrogen and oxygen atoms in total. The molecule has 8 heteroatoms. The van der Waals surface area contributed by atoms with E-state index >= 15 is 0 Å². The van der Waals surface area contributed by atoms with E-state index in [0.29, 0.717) is 23.6 Å². The van der Waals surface area contributed by atoms with Crippen LogP contribution in [0.4, 0.5) is 4.39 Å². The van der Waals surface area contributed by atoms with Gasteiger partial charge in [-0.3, -0.25) is 0 Å². The first-order chi connectivity index (χ1) is 12.0. The number of nitrogens with zero attached hydrogens (tertiary/aromatic N) is 1. The van der Waals surface area contributed by atoms with Crippen molar-refractivity contribution in [3.05, 3.63) is 53.3 Å². The van der Waals surface area contributed by atoms with Crippen LogP contribution in [0, 0.1) is 5.82 Å². The van der Waals surface area contributed by atoms with Gasteiger partial charge in [0.05, 0.1) is 20.8 Å². The van der Waals surface area contributed by atoms with Crippen molar-refractivity contribution in [2.75, 3.05) is 20.8 Å². The molecular weight excluding hydrogens is 452 g/mol. The predicted octanol–water partition coefficient (Wildman–Crippen LogP) is 2.81. The molecule has 0 bridgehead atoms. The number of aromatic hydroxyl groups is 1. The van der Waals surface area contributed by atoms with Crippen molar-refractivity contribution in [1.29, 1.82) is 0 Å². The van der Waals surface area contributed by atoms with Crippen LogP contribution in [-0.4, -0.2) is 31.8 Å². The van der Waals surface area contributed by atoms with E-state index in [1.54, 1.807) is 20.3 Å². The monoisotopic (exact) mass is 475 g/mol. The van der Waals surface area contributed by atoms with Gasteiger partial charge < -0.3 is 25.6 Å². The Balaban J connectivity index is 0.00000338. The summed E-state index contributed by atoms with van der Waals surface area (Å²) in [5, 5.41) is 12.2. The highest BCUT2D eigenvalue weighted by Crippen LogP contribution is 2.27. The number of phenolic OH excluding ortho intramolecular Hbond substituents is 1. The van der Waals surface area contributed by atoms with Crippen molar-refractivity contribution in [1.82, 2.24) is 5.32 Å². The molecule has 0 heterocycles. The van der Waals surface area contributed by atoms with Gasteiger partial charge >= 0.3 is 0 Å². The average molecular weight is 475 g/mol. The Kier molecular flexibility index (Phi) is 8.97. The maximum Gasteiger partial charge on any atom is 0.188 e. The molecular formula is C18H23FIN3O3. The number of halogens is 2. The zero-order valence-corrected chi connectivity index (χ0v) is 17.0. The van der Waals surface area contributed by atoms with E-state index < -0.39 is 5.82 Å². The van der Waals surface area contributed by atoms with Gasteiger partial charge in [0.2, 0.25) is 0 Å². The lowest BCUT2D eigenvalue weighted by Gasteiger charge is -2.10. The molecule has 0 radical (unpaired) electrons. The first-order valence-electron chi connectivity index (χ1n) is 7.75. The Morgan fingerprint density at radius 3 is 2.46 bits per heavy atom. The molecule has 0 aromatic heterocycles. The highest BCUT2D eigenvalue weighted by Gasteiger charge is 2.05. The lowest BCUT2D eigenvalue weighted by molar-refractivity contribution is 0.354. The van der Waals surface area contributed by atoms with Gasteiger partial charge in [0.1, 0.15) is 0 Å².